The second-order valence-electron chi connectivity index (χ2n) is 20.9. The molecule has 2 heterocycles. The summed E-state index contributed by atoms with van der Waals surface area (Å²) in [7, 11) is 0. The zero-order valence-electron chi connectivity index (χ0n) is 37.2. The molecule has 12 heteroatoms. The number of imide groups is 2. The van der Waals surface area contributed by atoms with Gasteiger partial charge in [0.25, 0.3) is 17.7 Å². The number of amides is 6. The zero-order valence-corrected chi connectivity index (χ0v) is 37.2. The number of nitrogens with one attached hydrogen (secondary N) is 2. The SMILES string of the molecule is CC1=CC(C2CC(=O)N(NC(=O)CCc3cc(C(C)(C)C)c(O)c(C(C)(C)C)c3)C2=O)CC2C(=O)N(NC(=O)CCc3cc(C(C)(C)C)c(O)c(C(C)(C)C)c3)C(=O)C12. The lowest BCUT2D eigenvalue weighted by Crippen LogP contribution is -2.47. The van der Waals surface area contributed by atoms with Gasteiger partial charge >= 0.3 is 0 Å². The maximum Gasteiger partial charge on any atom is 0.256 e. The molecule has 4 N–H and O–H groups in total. The average molecular weight is 813 g/mol. The van der Waals surface area contributed by atoms with E-state index in [-0.39, 0.29) is 58.8 Å². The summed E-state index contributed by atoms with van der Waals surface area (Å²) in [4.78, 5) is 80.6. The van der Waals surface area contributed by atoms with Gasteiger partial charge in [-0.25, -0.2) is 0 Å². The van der Waals surface area contributed by atoms with Gasteiger partial charge in [0.05, 0.1) is 17.8 Å². The van der Waals surface area contributed by atoms with Crippen LogP contribution in [0.25, 0.3) is 0 Å². The fourth-order valence-electron chi connectivity index (χ4n) is 8.62. The van der Waals surface area contributed by atoms with Crippen LogP contribution in [0.4, 0.5) is 0 Å². The Hall–Kier alpha value is -5.00. The van der Waals surface area contributed by atoms with Crippen molar-refractivity contribution in [1.29, 1.82) is 0 Å². The van der Waals surface area contributed by atoms with Crippen LogP contribution in [0.2, 0.25) is 0 Å². The fraction of sp³-hybridized carbons (Fsp3) is 0.574. The van der Waals surface area contributed by atoms with E-state index in [2.05, 4.69) is 10.9 Å². The monoisotopic (exact) mass is 812 g/mol. The first-order valence-corrected chi connectivity index (χ1v) is 20.8. The Labute approximate surface area is 349 Å². The van der Waals surface area contributed by atoms with E-state index < -0.39 is 59.1 Å². The van der Waals surface area contributed by atoms with Crippen molar-refractivity contribution >= 4 is 35.4 Å². The maximum absolute atomic E-state index is 13.7. The van der Waals surface area contributed by atoms with E-state index >= 15 is 0 Å². The van der Waals surface area contributed by atoms with Crippen molar-refractivity contribution in [3.63, 3.8) is 0 Å². The second-order valence-corrected chi connectivity index (χ2v) is 20.9. The van der Waals surface area contributed by atoms with Crippen LogP contribution in [-0.2, 0) is 63.3 Å². The number of hydrogen-bond donors (Lipinski definition) is 4. The molecule has 5 rings (SSSR count). The van der Waals surface area contributed by atoms with E-state index in [1.807, 2.05) is 107 Å². The molecular formula is C47H64N4O8. The Morgan fingerprint density at radius 2 is 0.983 bits per heavy atom. The molecule has 0 saturated carbocycles. The highest BCUT2D eigenvalue weighted by Crippen LogP contribution is 2.45. The van der Waals surface area contributed by atoms with Gasteiger partial charge in [-0.3, -0.25) is 39.6 Å². The van der Waals surface area contributed by atoms with Gasteiger partial charge in [0.1, 0.15) is 11.5 Å². The molecule has 2 aliphatic heterocycles. The molecule has 3 aliphatic rings. The molecule has 1 aliphatic carbocycles. The van der Waals surface area contributed by atoms with Crippen LogP contribution in [0.1, 0.15) is 149 Å². The number of fused-ring (bicyclic) bond motifs is 1. The molecule has 4 atom stereocenters. The number of rotatable bonds is 9. The van der Waals surface area contributed by atoms with Gasteiger partial charge in [0, 0.05) is 19.3 Å². The minimum absolute atomic E-state index is 0.00508. The number of hydrazine groups is 2. The molecule has 0 spiro atoms. The average Bonchev–Trinajstić information content (AvgIpc) is 3.51. The number of allylic oxidation sites excluding steroid dienone is 1. The first-order chi connectivity index (χ1) is 27.0. The van der Waals surface area contributed by atoms with Crippen molar-refractivity contribution in [1.82, 2.24) is 20.9 Å². The van der Waals surface area contributed by atoms with Gasteiger partial charge in [-0.1, -0.05) is 119 Å². The maximum atomic E-state index is 13.7. The minimum Gasteiger partial charge on any atom is -0.507 e. The Balaban J connectivity index is 1.22. The summed E-state index contributed by atoms with van der Waals surface area (Å²) in [5.41, 5.74) is 9.03. The molecule has 0 bridgehead atoms. The number of benzene rings is 2. The number of aromatic hydroxyl groups is 2. The van der Waals surface area contributed by atoms with Gasteiger partial charge in [-0.05, 0) is 87.1 Å². The van der Waals surface area contributed by atoms with Crippen LogP contribution in [0.5, 0.6) is 11.5 Å². The molecule has 2 saturated heterocycles. The van der Waals surface area contributed by atoms with E-state index in [1.54, 1.807) is 13.0 Å². The van der Waals surface area contributed by atoms with Gasteiger partial charge in [-0.2, -0.15) is 10.0 Å². The summed E-state index contributed by atoms with van der Waals surface area (Å²) >= 11 is 0. The highest BCUT2D eigenvalue weighted by molar-refractivity contribution is 6.08. The summed E-state index contributed by atoms with van der Waals surface area (Å²) < 4.78 is 0. The van der Waals surface area contributed by atoms with E-state index in [1.165, 1.54) is 0 Å². The van der Waals surface area contributed by atoms with Crippen LogP contribution in [-0.4, -0.2) is 55.7 Å². The summed E-state index contributed by atoms with van der Waals surface area (Å²) in [6.45, 7) is 25.8. The first-order valence-electron chi connectivity index (χ1n) is 20.8. The van der Waals surface area contributed by atoms with Crippen LogP contribution in [0.15, 0.2) is 35.9 Å². The smallest absolute Gasteiger partial charge is 0.256 e. The predicted octanol–water partition coefficient (Wildman–Crippen LogP) is 6.86. The van der Waals surface area contributed by atoms with Gasteiger partial charge in [0.15, 0.2) is 0 Å². The largest absolute Gasteiger partial charge is 0.507 e. The molecule has 4 unspecified atom stereocenters. The molecule has 2 aromatic rings. The van der Waals surface area contributed by atoms with Gasteiger partial charge < -0.3 is 10.2 Å². The summed E-state index contributed by atoms with van der Waals surface area (Å²) in [5.74, 6) is -5.81. The predicted molar refractivity (Wildman–Crippen MR) is 225 cm³/mol. The van der Waals surface area contributed by atoms with Crippen molar-refractivity contribution in [2.24, 2.45) is 23.7 Å². The lowest BCUT2D eigenvalue weighted by Gasteiger charge is -2.29. The fourth-order valence-corrected chi connectivity index (χ4v) is 8.62. The van der Waals surface area contributed by atoms with Crippen molar-refractivity contribution in [2.75, 3.05) is 0 Å². The highest BCUT2D eigenvalue weighted by Gasteiger charge is 2.54. The molecule has 0 radical (unpaired) electrons. The number of nitrogens with zero attached hydrogens (tertiary/aromatic N) is 2. The van der Waals surface area contributed by atoms with Crippen LogP contribution < -0.4 is 10.9 Å². The molecule has 59 heavy (non-hydrogen) atoms. The first kappa shape index (κ1) is 45.1. The van der Waals surface area contributed by atoms with Crippen LogP contribution in [0, 0.1) is 23.7 Å². The summed E-state index contributed by atoms with van der Waals surface area (Å²) in [6.07, 6.45) is 2.36. The quantitative estimate of drug-likeness (QED) is 0.157. The summed E-state index contributed by atoms with van der Waals surface area (Å²) in [5, 5.41) is 23.7. The third-order valence-corrected chi connectivity index (χ3v) is 11.9. The number of phenolic OH excluding ortho intramolecular Hbond substituents is 2. The number of carbonyl (C=O) groups is 6. The van der Waals surface area contributed by atoms with Gasteiger partial charge in [0.2, 0.25) is 17.7 Å². The van der Waals surface area contributed by atoms with E-state index in [9.17, 15) is 39.0 Å². The van der Waals surface area contributed by atoms with Crippen LogP contribution in [0.3, 0.4) is 0 Å². The lowest BCUT2D eigenvalue weighted by molar-refractivity contribution is -0.149. The molecule has 12 nitrogen and oxygen atoms in total. The van der Waals surface area contributed by atoms with Crippen molar-refractivity contribution < 1.29 is 39.0 Å². The standard InChI is InChI=1S/C47H64N4O8/c1-25-18-28(29-24-37(54)50(41(29)57)48-35(52)16-14-26-19-31(44(2,3)4)39(55)32(20-26)45(5,6)7)23-30-38(25)43(59)51(42(30)58)49-36(53)17-15-27-21-33(46(8,9)10)40(56)34(22-27)47(11,12)13/h18-22,28-30,38,55-56H,14-17,23-24H2,1-13H3,(H,48,52)(H,49,53). The normalized spacial score (nSPS) is 21.5. The van der Waals surface area contributed by atoms with E-state index in [0.29, 0.717) is 18.4 Å². The number of carbonyl (C=O) groups excluding carboxylic acids is 6. The van der Waals surface area contributed by atoms with E-state index in [4.69, 9.17) is 0 Å². The summed E-state index contributed by atoms with van der Waals surface area (Å²) in [6, 6.07) is 7.60. The molecule has 0 aromatic heterocycles. The Bertz CT molecular complexity index is 2040. The lowest BCUT2D eigenvalue weighted by atomic mass is 9.71. The minimum atomic E-state index is -0.840. The van der Waals surface area contributed by atoms with Crippen molar-refractivity contribution in [2.45, 2.75) is 150 Å². The molecular weight excluding hydrogens is 749 g/mol. The van der Waals surface area contributed by atoms with Gasteiger partial charge in [-0.15, -0.1) is 0 Å². The Morgan fingerprint density at radius 1 is 0.610 bits per heavy atom. The number of aryl methyl sites for hydroxylation is 2. The third-order valence-electron chi connectivity index (χ3n) is 11.9. The third kappa shape index (κ3) is 9.42. The van der Waals surface area contributed by atoms with Crippen molar-refractivity contribution in [3.8, 4) is 11.5 Å². The molecule has 6 amide bonds. The Kier molecular flexibility index (Phi) is 12.1. The zero-order chi connectivity index (χ0) is 44.3. The van der Waals surface area contributed by atoms with Crippen molar-refractivity contribution in [3.05, 3.63) is 69.3 Å². The second kappa shape index (κ2) is 15.9. The highest BCUT2D eigenvalue weighted by atomic mass is 16.3. The Morgan fingerprint density at radius 3 is 1.37 bits per heavy atom. The van der Waals surface area contributed by atoms with Crippen LogP contribution >= 0.6 is 0 Å². The molecule has 2 aromatic carbocycles. The molecule has 2 fully saturated rings. The number of hydrogen-bond acceptors (Lipinski definition) is 8. The number of phenols is 2. The topological polar surface area (TPSA) is 173 Å². The molecule has 320 valence electrons. The van der Waals surface area contributed by atoms with E-state index in [0.717, 1.165) is 43.4 Å².